The van der Waals surface area contributed by atoms with E-state index < -0.39 is 0 Å². The number of rotatable bonds is 5. The van der Waals surface area contributed by atoms with E-state index in [9.17, 15) is 9.59 Å². The van der Waals surface area contributed by atoms with E-state index in [0.717, 1.165) is 12.2 Å². The monoisotopic (exact) mass is 164 g/mol. The molecule has 0 saturated heterocycles. The summed E-state index contributed by atoms with van der Waals surface area (Å²) in [6.07, 6.45) is 4.48. The molecule has 0 atom stereocenters. The molecule has 0 aliphatic carbocycles. The van der Waals surface area contributed by atoms with Crippen LogP contribution in [0.5, 0.6) is 0 Å². The Bertz CT molecular complexity index is 225. The molecule has 2 heteroatoms. The summed E-state index contributed by atoms with van der Waals surface area (Å²) in [5, 5.41) is 0. The van der Waals surface area contributed by atoms with Crippen molar-refractivity contribution in [3.05, 3.63) is 37.0 Å². The third kappa shape index (κ3) is 2.66. The lowest BCUT2D eigenvalue weighted by Crippen LogP contribution is -2.07. The smallest absolute Gasteiger partial charge is 0.188 e. The van der Waals surface area contributed by atoms with Crippen LogP contribution in [0.1, 0.15) is 13.3 Å². The first kappa shape index (κ1) is 10.6. The number of carbonyl (C=O) groups excluding carboxylic acids is 2. The highest BCUT2D eigenvalue weighted by molar-refractivity contribution is 6.27. The zero-order chi connectivity index (χ0) is 9.56. The molecule has 0 fully saturated rings. The average Bonchev–Trinajstić information content (AvgIpc) is 2.11. The number of carbonyl (C=O) groups is 2. The van der Waals surface area contributed by atoms with Gasteiger partial charge in [0.25, 0.3) is 0 Å². The van der Waals surface area contributed by atoms with Crippen molar-refractivity contribution in [1.29, 1.82) is 0 Å². The van der Waals surface area contributed by atoms with Crippen molar-refractivity contribution in [2.45, 2.75) is 13.3 Å². The highest BCUT2D eigenvalue weighted by atomic mass is 16.1. The second-order valence-corrected chi connectivity index (χ2v) is 2.16. The lowest BCUT2D eigenvalue weighted by atomic mass is 10.1. The van der Waals surface area contributed by atoms with Gasteiger partial charge >= 0.3 is 0 Å². The third-order valence-electron chi connectivity index (χ3n) is 1.31. The normalized spacial score (nSPS) is 8.42. The zero-order valence-electron chi connectivity index (χ0n) is 7.17. The molecule has 0 bridgehead atoms. The summed E-state index contributed by atoms with van der Waals surface area (Å²) < 4.78 is 0. The number of hydrogen-bond acceptors (Lipinski definition) is 2. The molecule has 0 rings (SSSR count). The molecular formula is C10H12O2. The first-order valence-electron chi connectivity index (χ1n) is 3.71. The summed E-state index contributed by atoms with van der Waals surface area (Å²) in [7, 11) is 0. The summed E-state index contributed by atoms with van der Waals surface area (Å²) in [5.74, 6) is -0.691. The van der Waals surface area contributed by atoms with Gasteiger partial charge in [0.05, 0.1) is 5.57 Å². The minimum Gasteiger partial charge on any atom is -0.289 e. The minimum atomic E-state index is -0.346. The lowest BCUT2D eigenvalue weighted by Gasteiger charge is -1.96. The van der Waals surface area contributed by atoms with E-state index in [0.29, 0.717) is 6.42 Å². The molecule has 0 aromatic rings. The van der Waals surface area contributed by atoms with Crippen molar-refractivity contribution >= 4 is 11.6 Å². The zero-order valence-corrected chi connectivity index (χ0v) is 7.17. The van der Waals surface area contributed by atoms with Gasteiger partial charge in [-0.1, -0.05) is 26.2 Å². The van der Waals surface area contributed by atoms with Gasteiger partial charge in [0.2, 0.25) is 0 Å². The van der Waals surface area contributed by atoms with E-state index in [1.807, 2.05) is 6.92 Å². The van der Waals surface area contributed by atoms with Crippen molar-refractivity contribution in [1.82, 2.24) is 0 Å². The summed E-state index contributed by atoms with van der Waals surface area (Å²) in [5.41, 5.74) is 0.155. The number of ketones is 2. The van der Waals surface area contributed by atoms with Gasteiger partial charge in [0.1, 0.15) is 0 Å². The van der Waals surface area contributed by atoms with Crippen LogP contribution < -0.4 is 0 Å². The second-order valence-electron chi connectivity index (χ2n) is 2.16. The predicted molar refractivity (Wildman–Crippen MR) is 48.8 cm³/mol. The van der Waals surface area contributed by atoms with Crippen LogP contribution in [0.15, 0.2) is 37.0 Å². The van der Waals surface area contributed by atoms with Gasteiger partial charge in [-0.3, -0.25) is 9.59 Å². The van der Waals surface area contributed by atoms with Crippen molar-refractivity contribution in [2.24, 2.45) is 0 Å². The maximum atomic E-state index is 11.0. The maximum Gasteiger partial charge on any atom is 0.188 e. The van der Waals surface area contributed by atoms with Crippen molar-refractivity contribution in [3.63, 3.8) is 0 Å². The molecule has 0 heterocycles. The fourth-order valence-corrected chi connectivity index (χ4v) is 0.747. The van der Waals surface area contributed by atoms with Gasteiger partial charge in [0, 0.05) is 0 Å². The molecule has 0 aromatic carbocycles. The van der Waals surface area contributed by atoms with Crippen LogP contribution in [0.2, 0.25) is 0 Å². The Morgan fingerprint density at radius 2 is 1.58 bits per heavy atom. The van der Waals surface area contributed by atoms with E-state index in [4.69, 9.17) is 0 Å². The third-order valence-corrected chi connectivity index (χ3v) is 1.31. The van der Waals surface area contributed by atoms with E-state index in [2.05, 4.69) is 13.2 Å². The minimum absolute atomic E-state index is 0.155. The molecule has 0 radical (unpaired) electrons. The molecule has 0 N–H and O–H groups in total. The Kier molecular flexibility index (Phi) is 4.61. The maximum absolute atomic E-state index is 11.0. The summed E-state index contributed by atoms with van der Waals surface area (Å²) in [4.78, 5) is 22.1. The fraction of sp³-hybridized carbons (Fsp3) is 0.200. The molecule has 0 unspecified atom stereocenters. The average molecular weight is 164 g/mol. The van der Waals surface area contributed by atoms with E-state index in [-0.39, 0.29) is 17.1 Å². The Morgan fingerprint density at radius 3 is 1.83 bits per heavy atom. The van der Waals surface area contributed by atoms with Gasteiger partial charge in [-0.15, -0.1) is 0 Å². The standard InChI is InChI=1S/C10H12O2/c1-4-7-8(9(11)5-2)10(12)6-3/h5-7H,2-4H2,1H3. The molecule has 2 nitrogen and oxygen atoms in total. The molecule has 0 aliphatic rings. The van der Waals surface area contributed by atoms with Gasteiger partial charge in [-0.2, -0.15) is 0 Å². The highest BCUT2D eigenvalue weighted by Crippen LogP contribution is 2.02. The summed E-state index contributed by atoms with van der Waals surface area (Å²) in [6.45, 7) is 8.46. The molecule has 0 saturated carbocycles. The quantitative estimate of drug-likeness (QED) is 0.353. The predicted octanol–water partition coefficient (Wildman–Crippen LogP) is 1.83. The molecule has 0 aromatic heterocycles. The highest BCUT2D eigenvalue weighted by Gasteiger charge is 2.10. The molecule has 0 amide bonds. The molecule has 64 valence electrons. The molecule has 12 heavy (non-hydrogen) atoms. The molecule has 0 aliphatic heterocycles. The van der Waals surface area contributed by atoms with E-state index >= 15 is 0 Å². The van der Waals surface area contributed by atoms with Crippen LogP contribution in [-0.4, -0.2) is 11.6 Å². The van der Waals surface area contributed by atoms with Crippen molar-refractivity contribution in [2.75, 3.05) is 0 Å². The number of allylic oxidation sites excluding steroid dienone is 4. The van der Waals surface area contributed by atoms with Gasteiger partial charge in [-0.05, 0) is 18.6 Å². The van der Waals surface area contributed by atoms with Crippen LogP contribution in [-0.2, 0) is 9.59 Å². The Labute approximate surface area is 72.3 Å². The van der Waals surface area contributed by atoms with Gasteiger partial charge in [0.15, 0.2) is 11.6 Å². The van der Waals surface area contributed by atoms with Crippen LogP contribution in [0, 0.1) is 0 Å². The van der Waals surface area contributed by atoms with Crippen LogP contribution >= 0.6 is 0 Å². The van der Waals surface area contributed by atoms with Crippen LogP contribution in [0.25, 0.3) is 0 Å². The lowest BCUT2D eigenvalue weighted by molar-refractivity contribution is -0.116. The Balaban J connectivity index is 4.78. The van der Waals surface area contributed by atoms with Crippen LogP contribution in [0.3, 0.4) is 0 Å². The largest absolute Gasteiger partial charge is 0.289 e. The molecule has 0 spiro atoms. The van der Waals surface area contributed by atoms with E-state index in [1.165, 1.54) is 0 Å². The second kappa shape index (κ2) is 5.24. The molecular weight excluding hydrogens is 152 g/mol. The Morgan fingerprint density at radius 1 is 1.17 bits per heavy atom. The van der Waals surface area contributed by atoms with E-state index in [1.54, 1.807) is 6.08 Å². The summed E-state index contributed by atoms with van der Waals surface area (Å²) >= 11 is 0. The van der Waals surface area contributed by atoms with Gasteiger partial charge < -0.3 is 0 Å². The van der Waals surface area contributed by atoms with Crippen LogP contribution in [0.4, 0.5) is 0 Å². The SMILES string of the molecule is C=CC(=O)C(=CCC)C(=O)C=C. The summed E-state index contributed by atoms with van der Waals surface area (Å²) in [6, 6.07) is 0. The first-order chi connectivity index (χ1) is 5.67. The van der Waals surface area contributed by atoms with Crippen molar-refractivity contribution < 1.29 is 9.59 Å². The fourth-order valence-electron chi connectivity index (χ4n) is 0.747. The van der Waals surface area contributed by atoms with Gasteiger partial charge in [-0.25, -0.2) is 0 Å². The number of hydrogen-bond donors (Lipinski definition) is 0. The topological polar surface area (TPSA) is 34.1 Å². The first-order valence-corrected chi connectivity index (χ1v) is 3.71. The van der Waals surface area contributed by atoms with Crippen molar-refractivity contribution in [3.8, 4) is 0 Å². The Hall–Kier alpha value is -1.44.